The van der Waals surface area contributed by atoms with E-state index in [9.17, 15) is 13.2 Å². The van der Waals surface area contributed by atoms with Gasteiger partial charge in [-0.05, 0) is 53.8 Å². The number of sulfonamides is 1. The van der Waals surface area contributed by atoms with Gasteiger partial charge in [0.2, 0.25) is 16.8 Å². The van der Waals surface area contributed by atoms with E-state index < -0.39 is 10.0 Å². The van der Waals surface area contributed by atoms with Gasteiger partial charge in [-0.25, -0.2) is 13.1 Å². The highest BCUT2D eigenvalue weighted by Gasteiger charge is 2.26. The summed E-state index contributed by atoms with van der Waals surface area (Å²) in [5.74, 6) is 1.05. The molecule has 0 atom stereocenters. The normalized spacial score (nSPS) is 14.7. The first-order valence-electron chi connectivity index (χ1n) is 11.1. The second kappa shape index (κ2) is 9.08. The van der Waals surface area contributed by atoms with Gasteiger partial charge in [0.05, 0.1) is 5.75 Å². The van der Waals surface area contributed by atoms with Crippen LogP contribution < -0.4 is 14.2 Å². The molecule has 2 aliphatic rings. The Morgan fingerprint density at radius 3 is 2.74 bits per heavy atom. The van der Waals surface area contributed by atoms with Crippen LogP contribution in [0.4, 0.5) is 0 Å². The average Bonchev–Trinajstić information content (AvgIpc) is 3.31. The molecule has 176 valence electrons. The van der Waals surface area contributed by atoms with Crippen LogP contribution in [0.2, 0.25) is 0 Å². The van der Waals surface area contributed by atoms with E-state index in [-0.39, 0.29) is 25.0 Å². The van der Waals surface area contributed by atoms with Crippen molar-refractivity contribution in [1.29, 1.82) is 0 Å². The lowest BCUT2D eigenvalue weighted by atomic mass is 9.94. The molecular formula is C25H25N3O5S. The van der Waals surface area contributed by atoms with Crippen LogP contribution in [0.25, 0.3) is 0 Å². The zero-order valence-corrected chi connectivity index (χ0v) is 19.6. The Hall–Kier alpha value is -3.43. The Labute approximate surface area is 198 Å². The summed E-state index contributed by atoms with van der Waals surface area (Å²) >= 11 is 0. The van der Waals surface area contributed by atoms with Crippen molar-refractivity contribution in [3.63, 3.8) is 0 Å². The zero-order chi connectivity index (χ0) is 23.7. The summed E-state index contributed by atoms with van der Waals surface area (Å²) in [6.45, 7) is 3.17. The summed E-state index contributed by atoms with van der Waals surface area (Å²) in [5.41, 5.74) is 4.94. The maximum atomic E-state index is 13.1. The number of nitrogens with one attached hydrogen (secondary N) is 1. The second-order valence-electron chi connectivity index (χ2n) is 8.44. The Balaban J connectivity index is 1.30. The molecule has 2 aliphatic heterocycles. The highest BCUT2D eigenvalue weighted by atomic mass is 32.2. The van der Waals surface area contributed by atoms with Crippen molar-refractivity contribution in [2.24, 2.45) is 0 Å². The van der Waals surface area contributed by atoms with Crippen LogP contribution in [0.15, 0.2) is 54.7 Å². The molecule has 0 aliphatic carbocycles. The summed E-state index contributed by atoms with van der Waals surface area (Å²) in [4.78, 5) is 19.4. The molecule has 5 rings (SSSR count). The van der Waals surface area contributed by atoms with Gasteiger partial charge < -0.3 is 14.4 Å². The lowest BCUT2D eigenvalue weighted by Crippen LogP contribution is -2.37. The molecule has 3 heterocycles. The zero-order valence-electron chi connectivity index (χ0n) is 18.8. The number of nitrogens with zero attached hydrogens (tertiary/aromatic N) is 2. The molecule has 0 fully saturated rings. The van der Waals surface area contributed by atoms with Gasteiger partial charge >= 0.3 is 0 Å². The molecule has 0 bridgehead atoms. The monoisotopic (exact) mass is 479 g/mol. The molecule has 0 saturated carbocycles. The van der Waals surface area contributed by atoms with Gasteiger partial charge in [-0.15, -0.1) is 0 Å². The third kappa shape index (κ3) is 4.62. The number of fused-ring (bicyclic) bond motifs is 2. The molecule has 0 radical (unpaired) electrons. The van der Waals surface area contributed by atoms with Crippen molar-refractivity contribution < 1.29 is 22.7 Å². The number of aromatic nitrogens is 1. The third-order valence-corrected chi connectivity index (χ3v) is 7.47. The predicted octanol–water partition coefficient (Wildman–Crippen LogP) is 2.94. The first-order chi connectivity index (χ1) is 16.4. The van der Waals surface area contributed by atoms with E-state index in [0.717, 1.165) is 27.9 Å². The standard InChI is InChI=1S/C25H25N3O5S/c1-17-22(13-27-34(30,31)15-18-5-3-2-4-6-18)21-9-10-28(14-20(21)12-26-17)25(29)19-7-8-23-24(11-19)33-16-32-23/h2-8,11-12,27H,9-10,13-16H2,1H3. The van der Waals surface area contributed by atoms with Crippen LogP contribution in [0.1, 0.15) is 38.3 Å². The molecular weight excluding hydrogens is 454 g/mol. The number of carbonyl (C=O) groups excluding carboxylic acids is 1. The minimum absolute atomic E-state index is 0.0762. The van der Waals surface area contributed by atoms with E-state index in [1.165, 1.54) is 0 Å². The number of benzene rings is 2. The van der Waals surface area contributed by atoms with Gasteiger partial charge in [-0.3, -0.25) is 9.78 Å². The SMILES string of the molecule is Cc1ncc2c(c1CNS(=O)(=O)Cc1ccccc1)CCN(C(=O)c1ccc3c(c1)OCO3)C2. The van der Waals surface area contributed by atoms with Crippen LogP contribution in [0.5, 0.6) is 11.5 Å². The summed E-state index contributed by atoms with van der Waals surface area (Å²) in [7, 11) is -3.51. The van der Waals surface area contributed by atoms with Gasteiger partial charge in [-0.2, -0.15) is 0 Å². The highest BCUT2D eigenvalue weighted by Crippen LogP contribution is 2.33. The van der Waals surface area contributed by atoms with Crippen molar-refractivity contribution >= 4 is 15.9 Å². The van der Waals surface area contributed by atoms with E-state index >= 15 is 0 Å². The summed E-state index contributed by atoms with van der Waals surface area (Å²) in [6.07, 6.45) is 2.41. The molecule has 0 saturated heterocycles. The minimum atomic E-state index is -3.51. The summed E-state index contributed by atoms with van der Waals surface area (Å²) in [6, 6.07) is 14.3. The first kappa shape index (κ1) is 22.4. The molecule has 34 heavy (non-hydrogen) atoms. The molecule has 0 unspecified atom stereocenters. The molecule has 3 aromatic rings. The van der Waals surface area contributed by atoms with E-state index in [1.807, 2.05) is 25.1 Å². The fraction of sp³-hybridized carbons (Fsp3) is 0.280. The second-order valence-corrected chi connectivity index (χ2v) is 10.2. The molecule has 1 aromatic heterocycles. The van der Waals surface area contributed by atoms with E-state index in [0.29, 0.717) is 36.6 Å². The quantitative estimate of drug-likeness (QED) is 0.584. The number of rotatable bonds is 6. The van der Waals surface area contributed by atoms with Crippen molar-refractivity contribution in [3.05, 3.63) is 88.2 Å². The van der Waals surface area contributed by atoms with Crippen LogP contribution in [0.3, 0.4) is 0 Å². The van der Waals surface area contributed by atoms with Crippen molar-refractivity contribution in [2.75, 3.05) is 13.3 Å². The number of hydrogen-bond donors (Lipinski definition) is 1. The maximum Gasteiger partial charge on any atom is 0.254 e. The summed E-state index contributed by atoms with van der Waals surface area (Å²) in [5, 5.41) is 0. The topological polar surface area (TPSA) is 97.8 Å². The average molecular weight is 480 g/mol. The minimum Gasteiger partial charge on any atom is -0.454 e. The van der Waals surface area contributed by atoms with Gasteiger partial charge in [0.25, 0.3) is 5.91 Å². The van der Waals surface area contributed by atoms with Crippen molar-refractivity contribution in [1.82, 2.24) is 14.6 Å². The molecule has 0 spiro atoms. The number of hydrogen-bond acceptors (Lipinski definition) is 6. The Morgan fingerprint density at radius 1 is 1.12 bits per heavy atom. The van der Waals surface area contributed by atoms with Crippen LogP contribution >= 0.6 is 0 Å². The van der Waals surface area contributed by atoms with Crippen LogP contribution in [-0.4, -0.2) is 37.5 Å². The smallest absolute Gasteiger partial charge is 0.254 e. The summed E-state index contributed by atoms with van der Waals surface area (Å²) < 4.78 is 38.7. The fourth-order valence-electron chi connectivity index (χ4n) is 4.37. The molecule has 9 heteroatoms. The lowest BCUT2D eigenvalue weighted by molar-refractivity contribution is 0.0733. The number of pyridine rings is 1. The van der Waals surface area contributed by atoms with Gasteiger partial charge in [0.15, 0.2) is 11.5 Å². The van der Waals surface area contributed by atoms with Crippen molar-refractivity contribution in [3.8, 4) is 11.5 Å². The number of amides is 1. The van der Waals surface area contributed by atoms with E-state index in [2.05, 4.69) is 9.71 Å². The Bertz CT molecular complexity index is 1340. The largest absolute Gasteiger partial charge is 0.454 e. The van der Waals surface area contributed by atoms with E-state index in [1.54, 1.807) is 41.4 Å². The Morgan fingerprint density at radius 2 is 1.91 bits per heavy atom. The van der Waals surface area contributed by atoms with Gasteiger partial charge in [0, 0.05) is 37.1 Å². The van der Waals surface area contributed by atoms with Gasteiger partial charge in [-0.1, -0.05) is 30.3 Å². The maximum absolute atomic E-state index is 13.1. The third-order valence-electron chi connectivity index (χ3n) is 6.17. The fourth-order valence-corrected chi connectivity index (χ4v) is 5.47. The molecule has 8 nitrogen and oxygen atoms in total. The molecule has 1 amide bonds. The molecule has 2 aromatic carbocycles. The van der Waals surface area contributed by atoms with E-state index in [4.69, 9.17) is 9.47 Å². The first-order valence-corrected chi connectivity index (χ1v) is 12.7. The molecule has 1 N–H and O–H groups in total. The highest BCUT2D eigenvalue weighted by molar-refractivity contribution is 7.88. The van der Waals surface area contributed by atoms with Crippen LogP contribution in [0, 0.1) is 6.92 Å². The number of carbonyl (C=O) groups is 1. The predicted molar refractivity (Wildman–Crippen MR) is 126 cm³/mol. The Kier molecular flexibility index (Phi) is 5.97. The van der Waals surface area contributed by atoms with Crippen LogP contribution in [-0.2, 0) is 35.3 Å². The van der Waals surface area contributed by atoms with Gasteiger partial charge in [0.1, 0.15) is 0 Å². The lowest BCUT2D eigenvalue weighted by Gasteiger charge is -2.30. The van der Waals surface area contributed by atoms with Crippen molar-refractivity contribution in [2.45, 2.75) is 32.2 Å². The number of aryl methyl sites for hydroxylation is 1. The number of ether oxygens (including phenoxy) is 2.